The molecule has 1 aromatic rings. The number of anilines is 1. The molecule has 1 aliphatic rings. The van der Waals surface area contributed by atoms with Gasteiger partial charge in [-0.3, -0.25) is 19.8 Å². The van der Waals surface area contributed by atoms with Crippen molar-refractivity contribution in [1.82, 2.24) is 5.43 Å². The first-order valence-electron chi connectivity index (χ1n) is 5.73. The molecule has 3 amide bonds. The van der Waals surface area contributed by atoms with Crippen molar-refractivity contribution in [3.63, 3.8) is 0 Å². The van der Waals surface area contributed by atoms with Gasteiger partial charge in [0.15, 0.2) is 0 Å². The highest BCUT2D eigenvalue weighted by molar-refractivity contribution is 6.00. The van der Waals surface area contributed by atoms with Crippen LogP contribution in [0.25, 0.3) is 0 Å². The quantitative estimate of drug-likeness (QED) is 0.372. The van der Waals surface area contributed by atoms with Crippen LogP contribution in [0.15, 0.2) is 24.3 Å². The normalized spacial score (nSPS) is 18.5. The molecule has 1 heterocycles. The lowest BCUT2D eigenvalue weighted by Crippen LogP contribution is -2.30. The van der Waals surface area contributed by atoms with Crippen molar-refractivity contribution in [1.29, 1.82) is 0 Å². The number of amides is 3. The molecule has 1 atom stereocenters. The highest BCUT2D eigenvalue weighted by Crippen LogP contribution is 2.25. The molecular formula is C12H14N4O3. The molecule has 1 aliphatic heterocycles. The van der Waals surface area contributed by atoms with E-state index in [-0.39, 0.29) is 18.9 Å². The lowest BCUT2D eigenvalue weighted by molar-refractivity contribution is -0.123. The molecule has 1 aromatic carbocycles. The van der Waals surface area contributed by atoms with Gasteiger partial charge in [0, 0.05) is 24.2 Å². The summed E-state index contributed by atoms with van der Waals surface area (Å²) in [7, 11) is 0. The van der Waals surface area contributed by atoms with Crippen molar-refractivity contribution in [2.45, 2.75) is 6.42 Å². The first-order valence-corrected chi connectivity index (χ1v) is 5.73. The van der Waals surface area contributed by atoms with E-state index >= 15 is 0 Å². The fraction of sp³-hybridized carbons (Fsp3) is 0.250. The van der Waals surface area contributed by atoms with E-state index in [9.17, 15) is 14.4 Å². The number of carbonyl (C=O) groups excluding carboxylic acids is 3. The number of benzene rings is 1. The summed E-state index contributed by atoms with van der Waals surface area (Å²) in [6.07, 6.45) is 0.125. The van der Waals surface area contributed by atoms with Gasteiger partial charge in [-0.05, 0) is 24.3 Å². The van der Waals surface area contributed by atoms with Gasteiger partial charge >= 0.3 is 0 Å². The molecule has 0 aliphatic carbocycles. The minimum atomic E-state index is -0.477. The number of carbonyl (C=O) groups is 3. The number of hydrazine groups is 1. The predicted molar refractivity (Wildman–Crippen MR) is 67.8 cm³/mol. The van der Waals surface area contributed by atoms with Crippen LogP contribution in [0.5, 0.6) is 0 Å². The molecule has 19 heavy (non-hydrogen) atoms. The second kappa shape index (κ2) is 5.07. The fourth-order valence-electron chi connectivity index (χ4n) is 2.02. The molecule has 1 fully saturated rings. The standard InChI is InChI=1S/C12H14N4O3/c13-11(18)8-5-10(17)16(6-8)9-3-1-7(2-4-9)12(19)15-14/h1-4,8H,5-6,14H2,(H2,13,18)(H,15,19). The minimum Gasteiger partial charge on any atom is -0.369 e. The maximum Gasteiger partial charge on any atom is 0.265 e. The van der Waals surface area contributed by atoms with Gasteiger partial charge in [-0.15, -0.1) is 0 Å². The lowest BCUT2D eigenvalue weighted by atomic mass is 10.1. The third-order valence-corrected chi connectivity index (χ3v) is 3.10. The molecule has 7 nitrogen and oxygen atoms in total. The summed E-state index contributed by atoms with van der Waals surface area (Å²) in [5.74, 6) is 3.53. The molecule has 1 unspecified atom stereocenters. The first-order chi connectivity index (χ1) is 9.02. The topological polar surface area (TPSA) is 119 Å². The number of hydrogen-bond donors (Lipinski definition) is 3. The summed E-state index contributed by atoms with van der Waals surface area (Å²) >= 11 is 0. The van der Waals surface area contributed by atoms with Crippen LogP contribution in [-0.4, -0.2) is 24.3 Å². The van der Waals surface area contributed by atoms with Gasteiger partial charge in [-0.25, -0.2) is 5.84 Å². The summed E-state index contributed by atoms with van der Waals surface area (Å²) in [5.41, 5.74) is 8.24. The van der Waals surface area contributed by atoms with Gasteiger partial charge in [0.25, 0.3) is 5.91 Å². The van der Waals surface area contributed by atoms with Crippen molar-refractivity contribution in [2.24, 2.45) is 17.5 Å². The van der Waals surface area contributed by atoms with E-state index in [1.807, 2.05) is 5.43 Å². The zero-order valence-electron chi connectivity index (χ0n) is 10.1. The molecule has 0 saturated carbocycles. The molecular weight excluding hydrogens is 248 g/mol. The zero-order valence-corrected chi connectivity index (χ0v) is 10.1. The molecule has 100 valence electrons. The van der Waals surface area contributed by atoms with Crippen LogP contribution in [0, 0.1) is 5.92 Å². The van der Waals surface area contributed by atoms with Gasteiger partial charge in [0.05, 0.1) is 5.92 Å². The highest BCUT2D eigenvalue weighted by atomic mass is 16.2. The van der Waals surface area contributed by atoms with Crippen molar-refractivity contribution in [2.75, 3.05) is 11.4 Å². The molecule has 0 bridgehead atoms. The fourth-order valence-corrected chi connectivity index (χ4v) is 2.02. The smallest absolute Gasteiger partial charge is 0.265 e. The van der Waals surface area contributed by atoms with Gasteiger partial charge in [0.2, 0.25) is 11.8 Å². The van der Waals surface area contributed by atoms with Gasteiger partial charge in [-0.1, -0.05) is 0 Å². The molecule has 1 saturated heterocycles. The van der Waals surface area contributed by atoms with Crippen molar-refractivity contribution < 1.29 is 14.4 Å². The average Bonchev–Trinajstić information content (AvgIpc) is 2.80. The molecule has 5 N–H and O–H groups in total. The molecule has 0 radical (unpaired) electrons. The summed E-state index contributed by atoms with van der Waals surface area (Å²) in [5, 5.41) is 0. The van der Waals surface area contributed by atoms with Crippen molar-refractivity contribution >= 4 is 23.4 Å². The Labute approximate surface area is 109 Å². The Kier molecular flexibility index (Phi) is 3.48. The molecule has 7 heteroatoms. The van der Waals surface area contributed by atoms with E-state index in [1.165, 1.54) is 4.90 Å². The summed E-state index contributed by atoms with van der Waals surface area (Å²) in [6.45, 7) is 0.274. The Morgan fingerprint density at radius 2 is 1.89 bits per heavy atom. The number of primary amides is 1. The van der Waals surface area contributed by atoms with Gasteiger partial charge < -0.3 is 10.6 Å². The van der Waals surface area contributed by atoms with Gasteiger partial charge in [-0.2, -0.15) is 0 Å². The molecule has 0 spiro atoms. The third-order valence-electron chi connectivity index (χ3n) is 3.10. The Balaban J connectivity index is 2.17. The maximum atomic E-state index is 11.8. The first kappa shape index (κ1) is 13.0. The van der Waals surface area contributed by atoms with Crippen LogP contribution >= 0.6 is 0 Å². The van der Waals surface area contributed by atoms with Gasteiger partial charge in [0.1, 0.15) is 0 Å². The van der Waals surface area contributed by atoms with Crippen molar-refractivity contribution in [3.05, 3.63) is 29.8 Å². The van der Waals surface area contributed by atoms with Crippen LogP contribution in [0.3, 0.4) is 0 Å². The van der Waals surface area contributed by atoms with Crippen LogP contribution in [0.4, 0.5) is 5.69 Å². The lowest BCUT2D eigenvalue weighted by Gasteiger charge is -2.16. The Morgan fingerprint density at radius 3 is 2.37 bits per heavy atom. The predicted octanol–water partition coefficient (Wildman–Crippen LogP) is -0.872. The van der Waals surface area contributed by atoms with Crippen LogP contribution in [0.1, 0.15) is 16.8 Å². The Hall–Kier alpha value is -2.41. The van der Waals surface area contributed by atoms with E-state index in [0.717, 1.165) is 0 Å². The highest BCUT2D eigenvalue weighted by Gasteiger charge is 2.33. The number of nitrogens with two attached hydrogens (primary N) is 2. The number of nitrogens with one attached hydrogen (secondary N) is 1. The van der Waals surface area contributed by atoms with E-state index < -0.39 is 17.7 Å². The summed E-state index contributed by atoms with van der Waals surface area (Å²) in [6, 6.07) is 6.38. The Morgan fingerprint density at radius 1 is 1.26 bits per heavy atom. The van der Waals surface area contributed by atoms with E-state index in [2.05, 4.69) is 0 Å². The van der Waals surface area contributed by atoms with Crippen LogP contribution in [-0.2, 0) is 9.59 Å². The number of nitrogens with zero attached hydrogens (tertiary/aromatic N) is 1. The van der Waals surface area contributed by atoms with E-state index in [4.69, 9.17) is 11.6 Å². The second-order valence-electron chi connectivity index (χ2n) is 4.33. The Bertz CT molecular complexity index is 526. The monoisotopic (exact) mass is 262 g/mol. The van der Waals surface area contributed by atoms with Crippen molar-refractivity contribution in [3.8, 4) is 0 Å². The molecule has 0 aromatic heterocycles. The molecule has 2 rings (SSSR count). The van der Waals surface area contributed by atoms with Crippen LogP contribution < -0.4 is 21.9 Å². The average molecular weight is 262 g/mol. The zero-order chi connectivity index (χ0) is 14.0. The number of nitrogen functional groups attached to an aromatic ring is 1. The maximum absolute atomic E-state index is 11.8. The largest absolute Gasteiger partial charge is 0.369 e. The number of rotatable bonds is 3. The SMILES string of the molecule is NNC(=O)c1ccc(N2CC(C(N)=O)CC2=O)cc1. The summed E-state index contributed by atoms with van der Waals surface area (Å²) < 4.78 is 0. The van der Waals surface area contributed by atoms with E-state index in [1.54, 1.807) is 24.3 Å². The van der Waals surface area contributed by atoms with Crippen LogP contribution in [0.2, 0.25) is 0 Å². The number of hydrogen-bond acceptors (Lipinski definition) is 4. The summed E-state index contributed by atoms with van der Waals surface area (Å²) in [4.78, 5) is 35.6. The third kappa shape index (κ3) is 2.55. The van der Waals surface area contributed by atoms with E-state index in [0.29, 0.717) is 11.3 Å². The minimum absolute atomic E-state index is 0.125. The second-order valence-corrected chi connectivity index (χ2v) is 4.33.